The van der Waals surface area contributed by atoms with Crippen LogP contribution in [-0.4, -0.2) is 37.6 Å². The Kier molecular flexibility index (Phi) is 6.46. The lowest BCUT2D eigenvalue weighted by Gasteiger charge is -2.28. The number of nitro groups is 2. The van der Waals surface area contributed by atoms with Gasteiger partial charge in [-0.3, -0.25) is 25.0 Å². The Hall–Kier alpha value is -5.59. The molecule has 196 valence electrons. The molecule has 0 radical (unpaired) electrons. The summed E-state index contributed by atoms with van der Waals surface area (Å²) in [6, 6.07) is 17.8. The number of ether oxygens (including phenoxy) is 1. The number of nitrogens with zero attached hydrogens (tertiary/aromatic N) is 5. The molecule has 1 aliphatic rings. The molecule has 2 heterocycles. The van der Waals surface area contributed by atoms with Crippen LogP contribution in [0.2, 0.25) is 0 Å². The number of non-ortho nitro benzene ring substituents is 2. The zero-order chi connectivity index (χ0) is 27.7. The van der Waals surface area contributed by atoms with E-state index < -0.39 is 21.8 Å². The number of allylic oxidation sites excluding steroid dienone is 1. The molecule has 4 aromatic rings. The van der Waals surface area contributed by atoms with Crippen molar-refractivity contribution >= 4 is 28.9 Å². The molecule has 13 nitrogen and oxygen atoms in total. The molecule has 39 heavy (non-hydrogen) atoms. The first-order valence-electron chi connectivity index (χ1n) is 11.6. The molecule has 13 heteroatoms. The number of aromatic nitrogens is 3. The standard InChI is InChI=1S/C26H21N7O6/c1-15-22(25(34)28-20-8-3-4-9-21(20)39-2)23(16-10-12-18(13-11-16)32(35)36)31-26(27-15)29-24(30-31)17-6-5-7-19(14-17)33(37)38/h3-14,23H,1-2H3,(H,28,34)(H,27,29,30). The average Bonchev–Trinajstić information content (AvgIpc) is 3.36. The van der Waals surface area contributed by atoms with E-state index in [1.807, 2.05) is 0 Å². The summed E-state index contributed by atoms with van der Waals surface area (Å²) in [6.45, 7) is 1.71. The van der Waals surface area contributed by atoms with E-state index in [9.17, 15) is 25.0 Å². The molecule has 5 rings (SSSR count). The SMILES string of the molecule is COc1ccccc1NC(=O)C1=C(C)Nc2nc(-c3cccc([N+](=O)[O-])c3)nn2C1c1ccc([N+](=O)[O-])cc1. The molecule has 0 spiro atoms. The quantitative estimate of drug-likeness (QED) is 0.256. The van der Waals surface area contributed by atoms with Crippen LogP contribution in [0.3, 0.4) is 0 Å². The molecule has 1 atom stereocenters. The van der Waals surface area contributed by atoms with E-state index in [2.05, 4.69) is 20.7 Å². The molecule has 3 aromatic carbocycles. The molecular weight excluding hydrogens is 506 g/mol. The van der Waals surface area contributed by atoms with Crippen LogP contribution in [-0.2, 0) is 4.79 Å². The van der Waals surface area contributed by atoms with E-state index in [-0.39, 0.29) is 22.8 Å². The van der Waals surface area contributed by atoms with E-state index in [1.54, 1.807) is 49.4 Å². The second-order valence-corrected chi connectivity index (χ2v) is 8.58. The van der Waals surface area contributed by atoms with E-state index in [4.69, 9.17) is 4.74 Å². The molecule has 1 unspecified atom stereocenters. The third-order valence-corrected chi connectivity index (χ3v) is 6.19. The van der Waals surface area contributed by atoms with Crippen molar-refractivity contribution < 1.29 is 19.4 Å². The highest BCUT2D eigenvalue weighted by atomic mass is 16.6. The molecule has 2 N–H and O–H groups in total. The molecule has 1 amide bonds. The van der Waals surface area contributed by atoms with Gasteiger partial charge in [0.25, 0.3) is 17.3 Å². The summed E-state index contributed by atoms with van der Waals surface area (Å²) in [4.78, 5) is 39.7. The molecule has 0 fully saturated rings. The van der Waals surface area contributed by atoms with Gasteiger partial charge in [0.15, 0.2) is 5.82 Å². The van der Waals surface area contributed by atoms with Crippen LogP contribution in [0.4, 0.5) is 23.0 Å². The van der Waals surface area contributed by atoms with Crippen molar-refractivity contribution in [1.29, 1.82) is 0 Å². The van der Waals surface area contributed by atoms with Gasteiger partial charge < -0.3 is 15.4 Å². The number of anilines is 2. The number of amides is 1. The number of nitrogens with one attached hydrogen (secondary N) is 2. The van der Waals surface area contributed by atoms with E-state index in [0.29, 0.717) is 34.2 Å². The van der Waals surface area contributed by atoms with Crippen molar-refractivity contribution in [2.75, 3.05) is 17.7 Å². The van der Waals surface area contributed by atoms with Gasteiger partial charge in [-0.2, -0.15) is 4.98 Å². The lowest BCUT2D eigenvalue weighted by Crippen LogP contribution is -2.31. The van der Waals surface area contributed by atoms with Gasteiger partial charge >= 0.3 is 0 Å². The number of fused-ring (bicyclic) bond motifs is 1. The smallest absolute Gasteiger partial charge is 0.270 e. The largest absolute Gasteiger partial charge is 0.495 e. The maximum absolute atomic E-state index is 13.7. The number of carbonyl (C=O) groups excluding carboxylic acids is 1. The van der Waals surface area contributed by atoms with Gasteiger partial charge in [0.1, 0.15) is 11.8 Å². The van der Waals surface area contributed by atoms with Crippen LogP contribution in [0.5, 0.6) is 5.75 Å². The minimum Gasteiger partial charge on any atom is -0.495 e. The van der Waals surface area contributed by atoms with Gasteiger partial charge in [-0.25, -0.2) is 4.68 Å². The molecule has 0 saturated carbocycles. The zero-order valence-electron chi connectivity index (χ0n) is 20.7. The normalized spacial score (nSPS) is 14.3. The van der Waals surface area contributed by atoms with Crippen LogP contribution >= 0.6 is 0 Å². The molecule has 0 aliphatic carbocycles. The number of benzene rings is 3. The Morgan fingerprint density at radius 1 is 1.00 bits per heavy atom. The maximum atomic E-state index is 13.7. The first kappa shape index (κ1) is 25.1. The van der Waals surface area contributed by atoms with Crippen molar-refractivity contribution in [3.05, 3.63) is 110 Å². The Morgan fingerprint density at radius 3 is 2.41 bits per heavy atom. The van der Waals surface area contributed by atoms with Crippen LogP contribution < -0.4 is 15.4 Å². The minimum atomic E-state index is -0.822. The summed E-state index contributed by atoms with van der Waals surface area (Å²) in [7, 11) is 1.49. The van der Waals surface area contributed by atoms with Crippen molar-refractivity contribution in [2.24, 2.45) is 0 Å². The monoisotopic (exact) mass is 527 g/mol. The van der Waals surface area contributed by atoms with Gasteiger partial charge in [0.2, 0.25) is 5.95 Å². The third kappa shape index (κ3) is 4.75. The predicted molar refractivity (Wildman–Crippen MR) is 141 cm³/mol. The summed E-state index contributed by atoms with van der Waals surface area (Å²) >= 11 is 0. The second kappa shape index (κ2) is 10.0. The van der Waals surface area contributed by atoms with Gasteiger partial charge in [-0.1, -0.05) is 24.3 Å². The van der Waals surface area contributed by atoms with Gasteiger partial charge in [-0.15, -0.1) is 5.10 Å². The van der Waals surface area contributed by atoms with Crippen LogP contribution in [0, 0.1) is 20.2 Å². The fraction of sp³-hybridized carbons (Fsp3) is 0.115. The predicted octanol–water partition coefficient (Wildman–Crippen LogP) is 4.70. The summed E-state index contributed by atoms with van der Waals surface area (Å²) in [5.41, 5.74) is 1.95. The van der Waals surface area contributed by atoms with Gasteiger partial charge in [-0.05, 0) is 36.8 Å². The first-order chi connectivity index (χ1) is 18.8. The summed E-state index contributed by atoms with van der Waals surface area (Å²) in [5.74, 6) is 0.513. The minimum absolute atomic E-state index is 0.107. The van der Waals surface area contributed by atoms with Gasteiger partial charge in [0, 0.05) is 35.5 Å². The number of nitro benzene ring substituents is 2. The fourth-order valence-electron chi connectivity index (χ4n) is 4.35. The topological polar surface area (TPSA) is 167 Å². The van der Waals surface area contributed by atoms with E-state index in [0.717, 1.165) is 0 Å². The Bertz CT molecular complexity index is 1640. The summed E-state index contributed by atoms with van der Waals surface area (Å²) in [6.07, 6.45) is 0. The van der Waals surface area contributed by atoms with Crippen molar-refractivity contribution in [2.45, 2.75) is 13.0 Å². The Balaban J connectivity index is 1.61. The van der Waals surface area contributed by atoms with Crippen molar-refractivity contribution in [3.8, 4) is 17.1 Å². The third-order valence-electron chi connectivity index (χ3n) is 6.19. The molecule has 0 bridgehead atoms. The lowest BCUT2D eigenvalue weighted by atomic mass is 9.95. The first-order valence-corrected chi connectivity index (χ1v) is 11.6. The highest BCUT2D eigenvalue weighted by molar-refractivity contribution is 6.06. The number of hydrogen-bond acceptors (Lipinski definition) is 9. The van der Waals surface area contributed by atoms with Gasteiger partial charge in [0.05, 0.1) is 28.2 Å². The van der Waals surface area contributed by atoms with Crippen molar-refractivity contribution in [1.82, 2.24) is 14.8 Å². The lowest BCUT2D eigenvalue weighted by molar-refractivity contribution is -0.385. The Labute approximate surface area is 221 Å². The second-order valence-electron chi connectivity index (χ2n) is 8.58. The highest BCUT2D eigenvalue weighted by Gasteiger charge is 2.35. The molecule has 0 saturated heterocycles. The highest BCUT2D eigenvalue weighted by Crippen LogP contribution is 2.38. The van der Waals surface area contributed by atoms with Crippen LogP contribution in [0.15, 0.2) is 84.1 Å². The van der Waals surface area contributed by atoms with Crippen LogP contribution in [0.1, 0.15) is 18.5 Å². The summed E-state index contributed by atoms with van der Waals surface area (Å²) in [5, 5.41) is 33.1. The van der Waals surface area contributed by atoms with E-state index >= 15 is 0 Å². The maximum Gasteiger partial charge on any atom is 0.270 e. The number of hydrogen-bond donors (Lipinski definition) is 2. The summed E-state index contributed by atoms with van der Waals surface area (Å²) < 4.78 is 6.84. The number of methoxy groups -OCH3 is 1. The molecule has 1 aromatic heterocycles. The number of rotatable bonds is 7. The van der Waals surface area contributed by atoms with Crippen LogP contribution in [0.25, 0.3) is 11.4 Å². The zero-order valence-corrected chi connectivity index (χ0v) is 20.7. The van der Waals surface area contributed by atoms with E-state index in [1.165, 1.54) is 42.1 Å². The number of para-hydroxylation sites is 2. The Morgan fingerprint density at radius 2 is 1.72 bits per heavy atom. The average molecular weight is 527 g/mol. The van der Waals surface area contributed by atoms with Crippen molar-refractivity contribution in [3.63, 3.8) is 0 Å². The number of carbonyl (C=O) groups is 1. The fourth-order valence-corrected chi connectivity index (χ4v) is 4.35. The molecule has 1 aliphatic heterocycles. The molecular formula is C26H21N7O6.